The highest BCUT2D eigenvalue weighted by atomic mass is 32.1. The molecule has 0 bridgehead atoms. The van der Waals surface area contributed by atoms with Gasteiger partial charge in [-0.25, -0.2) is 4.98 Å². The summed E-state index contributed by atoms with van der Waals surface area (Å²) in [6, 6.07) is 8.04. The van der Waals surface area contributed by atoms with Gasteiger partial charge in [-0.1, -0.05) is 12.1 Å². The van der Waals surface area contributed by atoms with E-state index < -0.39 is 0 Å². The summed E-state index contributed by atoms with van der Waals surface area (Å²) in [5.74, 6) is 0.868. The van der Waals surface area contributed by atoms with Crippen LogP contribution >= 0.6 is 11.3 Å². The van der Waals surface area contributed by atoms with Gasteiger partial charge in [-0.2, -0.15) is 0 Å². The second-order valence-electron chi connectivity index (χ2n) is 4.76. The smallest absolute Gasteiger partial charge is 0.123 e. The van der Waals surface area contributed by atoms with E-state index >= 15 is 0 Å². The molecule has 1 saturated heterocycles. The molecule has 3 rings (SSSR count). The standard InChI is InChI=1S/C15H18N2O2S/c1-18-14-4-2-3-12(9-14)15-16-13(11-20-15)10-17-5-7-19-8-6-17/h2-4,9,11H,5-8,10H2,1H3. The second-order valence-corrected chi connectivity index (χ2v) is 5.62. The summed E-state index contributed by atoms with van der Waals surface area (Å²) in [7, 11) is 1.69. The van der Waals surface area contributed by atoms with Crippen LogP contribution in [0.25, 0.3) is 10.6 Å². The first-order chi connectivity index (χ1) is 9.85. The number of thiazole rings is 1. The van der Waals surface area contributed by atoms with Gasteiger partial charge in [0.1, 0.15) is 10.8 Å². The second kappa shape index (κ2) is 6.35. The Hall–Kier alpha value is -1.43. The number of morpholine rings is 1. The van der Waals surface area contributed by atoms with Crippen LogP contribution in [0.5, 0.6) is 5.75 Å². The van der Waals surface area contributed by atoms with E-state index in [9.17, 15) is 0 Å². The molecule has 1 aromatic carbocycles. The normalized spacial score (nSPS) is 16.2. The van der Waals surface area contributed by atoms with Crippen LogP contribution in [-0.4, -0.2) is 43.3 Å². The van der Waals surface area contributed by atoms with Crippen LogP contribution < -0.4 is 4.74 Å². The zero-order valence-corrected chi connectivity index (χ0v) is 12.4. The molecule has 0 amide bonds. The molecule has 0 saturated carbocycles. The van der Waals surface area contributed by atoms with E-state index in [1.165, 1.54) is 0 Å². The van der Waals surface area contributed by atoms with Crippen LogP contribution in [0.15, 0.2) is 29.6 Å². The third-order valence-electron chi connectivity index (χ3n) is 3.36. The summed E-state index contributed by atoms with van der Waals surface area (Å²) in [6.45, 7) is 4.54. The molecule has 5 heteroatoms. The molecule has 4 nitrogen and oxygen atoms in total. The fourth-order valence-corrected chi connectivity index (χ4v) is 3.06. The fraction of sp³-hybridized carbons (Fsp3) is 0.400. The minimum Gasteiger partial charge on any atom is -0.497 e. The van der Waals surface area contributed by atoms with Crippen molar-refractivity contribution >= 4 is 11.3 Å². The van der Waals surface area contributed by atoms with Crippen LogP contribution in [0, 0.1) is 0 Å². The molecule has 0 atom stereocenters. The van der Waals surface area contributed by atoms with E-state index in [0.29, 0.717) is 0 Å². The minimum absolute atomic E-state index is 0.826. The topological polar surface area (TPSA) is 34.6 Å². The van der Waals surface area contributed by atoms with E-state index in [1.54, 1.807) is 18.4 Å². The number of hydrogen-bond acceptors (Lipinski definition) is 5. The third-order valence-corrected chi connectivity index (χ3v) is 4.30. The van der Waals surface area contributed by atoms with Gasteiger partial charge >= 0.3 is 0 Å². The molecule has 0 spiro atoms. The molecule has 0 unspecified atom stereocenters. The van der Waals surface area contributed by atoms with Crippen LogP contribution in [0.2, 0.25) is 0 Å². The molecular weight excluding hydrogens is 272 g/mol. The van der Waals surface area contributed by atoms with Gasteiger partial charge in [0.25, 0.3) is 0 Å². The predicted octanol–water partition coefficient (Wildman–Crippen LogP) is 2.65. The maximum Gasteiger partial charge on any atom is 0.123 e. The Morgan fingerprint density at radius 2 is 2.20 bits per heavy atom. The van der Waals surface area contributed by atoms with Crippen LogP contribution in [-0.2, 0) is 11.3 Å². The number of nitrogens with zero attached hydrogens (tertiary/aromatic N) is 2. The SMILES string of the molecule is COc1cccc(-c2nc(CN3CCOCC3)cs2)c1. The van der Waals surface area contributed by atoms with Crippen LogP contribution in [0.1, 0.15) is 5.69 Å². The van der Waals surface area contributed by atoms with E-state index in [4.69, 9.17) is 14.5 Å². The molecule has 106 valence electrons. The molecule has 1 aliphatic rings. The maximum atomic E-state index is 5.36. The number of benzene rings is 1. The summed E-state index contributed by atoms with van der Waals surface area (Å²) in [6.07, 6.45) is 0. The lowest BCUT2D eigenvalue weighted by molar-refractivity contribution is 0.0337. The van der Waals surface area contributed by atoms with Crippen molar-refractivity contribution in [1.29, 1.82) is 0 Å². The summed E-state index contributed by atoms with van der Waals surface area (Å²) in [4.78, 5) is 7.11. The van der Waals surface area contributed by atoms with Gasteiger partial charge in [-0.15, -0.1) is 11.3 Å². The highest BCUT2D eigenvalue weighted by Crippen LogP contribution is 2.27. The quantitative estimate of drug-likeness (QED) is 0.867. The van der Waals surface area contributed by atoms with Crippen molar-refractivity contribution in [2.45, 2.75) is 6.54 Å². The summed E-state index contributed by atoms with van der Waals surface area (Å²) < 4.78 is 10.6. The van der Waals surface area contributed by atoms with E-state index in [-0.39, 0.29) is 0 Å². The van der Waals surface area contributed by atoms with E-state index in [2.05, 4.69) is 16.3 Å². The number of ether oxygens (including phenoxy) is 2. The largest absolute Gasteiger partial charge is 0.497 e. The van der Waals surface area contributed by atoms with Gasteiger partial charge in [-0.05, 0) is 12.1 Å². The molecule has 2 heterocycles. The van der Waals surface area contributed by atoms with Crippen molar-refractivity contribution < 1.29 is 9.47 Å². The molecule has 0 aliphatic carbocycles. The van der Waals surface area contributed by atoms with E-state index in [1.807, 2.05) is 18.2 Å². The van der Waals surface area contributed by atoms with Crippen LogP contribution in [0.3, 0.4) is 0 Å². The van der Waals surface area contributed by atoms with Crippen molar-refractivity contribution in [2.24, 2.45) is 0 Å². The van der Waals surface area contributed by atoms with Gasteiger partial charge < -0.3 is 9.47 Å². The Kier molecular flexibility index (Phi) is 4.30. The molecular formula is C15H18N2O2S. The Balaban J connectivity index is 1.72. The number of methoxy groups -OCH3 is 1. The zero-order valence-electron chi connectivity index (χ0n) is 11.5. The van der Waals surface area contributed by atoms with Gasteiger partial charge in [0.15, 0.2) is 0 Å². The lowest BCUT2D eigenvalue weighted by Gasteiger charge is -2.25. The first-order valence-electron chi connectivity index (χ1n) is 6.74. The molecule has 2 aromatic rings. The summed E-state index contributed by atoms with van der Waals surface area (Å²) >= 11 is 1.69. The number of hydrogen-bond donors (Lipinski definition) is 0. The van der Waals surface area contributed by atoms with Crippen molar-refractivity contribution in [2.75, 3.05) is 33.4 Å². The predicted molar refractivity (Wildman–Crippen MR) is 80.2 cm³/mol. The first-order valence-corrected chi connectivity index (χ1v) is 7.62. The van der Waals surface area contributed by atoms with Gasteiger partial charge in [-0.3, -0.25) is 4.90 Å². The lowest BCUT2D eigenvalue weighted by atomic mass is 10.2. The minimum atomic E-state index is 0.826. The number of aromatic nitrogens is 1. The first kappa shape index (κ1) is 13.5. The highest BCUT2D eigenvalue weighted by Gasteiger charge is 2.13. The summed E-state index contributed by atoms with van der Waals surface area (Å²) in [5.41, 5.74) is 2.25. The van der Waals surface area contributed by atoms with Gasteiger partial charge in [0.2, 0.25) is 0 Å². The molecule has 1 aliphatic heterocycles. The Bertz CT molecular complexity index is 565. The number of rotatable bonds is 4. The molecule has 1 aromatic heterocycles. The lowest BCUT2D eigenvalue weighted by Crippen LogP contribution is -2.35. The van der Waals surface area contributed by atoms with E-state index in [0.717, 1.165) is 54.9 Å². The monoisotopic (exact) mass is 290 g/mol. The van der Waals surface area contributed by atoms with Crippen LogP contribution in [0.4, 0.5) is 0 Å². The molecule has 0 radical (unpaired) electrons. The fourth-order valence-electron chi connectivity index (χ4n) is 2.26. The molecule has 1 fully saturated rings. The molecule has 0 N–H and O–H groups in total. The average molecular weight is 290 g/mol. The maximum absolute atomic E-state index is 5.36. The summed E-state index contributed by atoms with van der Waals surface area (Å²) in [5, 5.41) is 3.19. The van der Waals surface area contributed by atoms with Gasteiger partial charge in [0.05, 0.1) is 26.0 Å². The highest BCUT2D eigenvalue weighted by molar-refractivity contribution is 7.13. The molecule has 20 heavy (non-hydrogen) atoms. The van der Waals surface area contributed by atoms with Crippen molar-refractivity contribution in [3.05, 3.63) is 35.3 Å². The third kappa shape index (κ3) is 3.17. The van der Waals surface area contributed by atoms with Gasteiger partial charge in [0, 0.05) is 30.6 Å². The zero-order chi connectivity index (χ0) is 13.8. The Morgan fingerprint density at radius 1 is 1.35 bits per heavy atom. The Morgan fingerprint density at radius 3 is 3.00 bits per heavy atom. The Labute approximate surface area is 123 Å². The van der Waals surface area contributed by atoms with Crippen molar-refractivity contribution in [3.8, 4) is 16.3 Å². The average Bonchev–Trinajstić information content (AvgIpc) is 2.97. The van der Waals surface area contributed by atoms with Crippen molar-refractivity contribution in [1.82, 2.24) is 9.88 Å². The van der Waals surface area contributed by atoms with Crippen molar-refractivity contribution in [3.63, 3.8) is 0 Å².